The van der Waals surface area contributed by atoms with Crippen LogP contribution in [0.2, 0.25) is 0 Å². The summed E-state index contributed by atoms with van der Waals surface area (Å²) >= 11 is 0. The molecule has 1 fully saturated rings. The van der Waals surface area contributed by atoms with Gasteiger partial charge in [0.1, 0.15) is 11.5 Å². The van der Waals surface area contributed by atoms with E-state index in [0.717, 1.165) is 22.6 Å². The highest BCUT2D eigenvalue weighted by molar-refractivity contribution is 6.15. The molecule has 31 heavy (non-hydrogen) atoms. The zero-order chi connectivity index (χ0) is 22.2. The molecule has 1 heterocycles. The Labute approximate surface area is 183 Å². The molecule has 0 aromatic heterocycles. The highest BCUT2D eigenvalue weighted by Gasteiger charge is 2.28. The molecule has 0 radical (unpaired) electrons. The lowest BCUT2D eigenvalue weighted by molar-refractivity contribution is -0.131. The molecule has 1 aliphatic heterocycles. The van der Waals surface area contributed by atoms with Crippen molar-refractivity contribution < 1.29 is 19.1 Å². The molecular weight excluding hydrogens is 392 g/mol. The molecule has 2 aromatic carbocycles. The summed E-state index contributed by atoms with van der Waals surface area (Å²) < 4.78 is 10.4. The van der Waals surface area contributed by atoms with Crippen molar-refractivity contribution in [3.63, 3.8) is 0 Å². The maximum Gasteiger partial charge on any atom is 0.224 e. The van der Waals surface area contributed by atoms with Gasteiger partial charge in [-0.05, 0) is 54.6 Å². The molecule has 3 rings (SSSR count). The first-order valence-corrected chi connectivity index (χ1v) is 10.2. The monoisotopic (exact) mass is 420 g/mol. The topological polar surface area (TPSA) is 67.9 Å². The third kappa shape index (κ3) is 5.83. The normalized spacial score (nSPS) is 16.6. The SMILES string of the molecule is CNCCC(=O)N1C/C(=C\c2ccc(OC)cc2)C(=O)/C(=C/c2ccc(OC)cc2)C1. The average molecular weight is 421 g/mol. The first-order valence-electron chi connectivity index (χ1n) is 10.2. The summed E-state index contributed by atoms with van der Waals surface area (Å²) in [5.74, 6) is 1.48. The van der Waals surface area contributed by atoms with Crippen LogP contribution in [0, 0.1) is 0 Å². The number of Topliss-reactive ketones (excluding diaryl/α,β-unsaturated/α-hetero) is 1. The Kier molecular flexibility index (Phi) is 7.62. The number of rotatable bonds is 7. The largest absolute Gasteiger partial charge is 0.497 e. The molecule has 0 bridgehead atoms. The molecule has 2 aromatic rings. The van der Waals surface area contributed by atoms with Crippen molar-refractivity contribution in [2.45, 2.75) is 6.42 Å². The van der Waals surface area contributed by atoms with E-state index in [-0.39, 0.29) is 11.7 Å². The molecule has 1 N–H and O–H groups in total. The lowest BCUT2D eigenvalue weighted by atomic mass is 9.94. The molecule has 6 nitrogen and oxygen atoms in total. The molecule has 0 atom stereocenters. The van der Waals surface area contributed by atoms with Crippen molar-refractivity contribution in [1.29, 1.82) is 0 Å². The van der Waals surface area contributed by atoms with Gasteiger partial charge in [0.15, 0.2) is 5.78 Å². The summed E-state index contributed by atoms with van der Waals surface area (Å²) in [4.78, 5) is 27.7. The Morgan fingerprint density at radius 3 is 1.74 bits per heavy atom. The number of likely N-dealkylation sites (tertiary alicyclic amines) is 1. The van der Waals surface area contributed by atoms with Crippen LogP contribution in [0.25, 0.3) is 12.2 Å². The van der Waals surface area contributed by atoms with E-state index >= 15 is 0 Å². The van der Waals surface area contributed by atoms with E-state index in [4.69, 9.17) is 9.47 Å². The Hall–Kier alpha value is -3.38. The van der Waals surface area contributed by atoms with Gasteiger partial charge in [0.2, 0.25) is 5.91 Å². The molecule has 6 heteroatoms. The van der Waals surface area contributed by atoms with Crippen LogP contribution in [0.1, 0.15) is 17.5 Å². The summed E-state index contributed by atoms with van der Waals surface area (Å²) in [7, 11) is 5.04. The third-order valence-corrected chi connectivity index (χ3v) is 5.16. The second-order valence-corrected chi connectivity index (χ2v) is 7.32. The molecule has 0 aliphatic carbocycles. The van der Waals surface area contributed by atoms with Gasteiger partial charge >= 0.3 is 0 Å². The fraction of sp³-hybridized carbons (Fsp3) is 0.280. The number of carbonyl (C=O) groups excluding carboxylic acids is 2. The van der Waals surface area contributed by atoms with Crippen molar-refractivity contribution >= 4 is 23.8 Å². The maximum absolute atomic E-state index is 13.2. The number of benzene rings is 2. The zero-order valence-corrected chi connectivity index (χ0v) is 18.2. The number of nitrogens with zero attached hydrogens (tertiary/aromatic N) is 1. The van der Waals surface area contributed by atoms with Crippen molar-refractivity contribution in [3.05, 3.63) is 70.8 Å². The van der Waals surface area contributed by atoms with E-state index in [1.165, 1.54) is 0 Å². The molecule has 0 unspecified atom stereocenters. The summed E-state index contributed by atoms with van der Waals surface area (Å²) in [6.45, 7) is 1.19. The Morgan fingerprint density at radius 1 is 0.903 bits per heavy atom. The van der Waals surface area contributed by atoms with Gasteiger partial charge in [-0.1, -0.05) is 24.3 Å². The van der Waals surface area contributed by atoms with Crippen LogP contribution in [0.3, 0.4) is 0 Å². The predicted molar refractivity (Wildman–Crippen MR) is 122 cm³/mol. The molecular formula is C25H28N2O4. The third-order valence-electron chi connectivity index (χ3n) is 5.16. The summed E-state index contributed by atoms with van der Waals surface area (Å²) in [5.41, 5.74) is 2.96. The molecule has 0 saturated carbocycles. The Balaban J connectivity index is 1.92. The smallest absolute Gasteiger partial charge is 0.224 e. The van der Waals surface area contributed by atoms with Crippen LogP contribution in [0.4, 0.5) is 0 Å². The van der Waals surface area contributed by atoms with E-state index in [9.17, 15) is 9.59 Å². The van der Waals surface area contributed by atoms with Crippen molar-refractivity contribution in [1.82, 2.24) is 10.2 Å². The van der Waals surface area contributed by atoms with Gasteiger partial charge in [-0.2, -0.15) is 0 Å². The van der Waals surface area contributed by atoms with E-state index in [1.54, 1.807) is 19.1 Å². The minimum absolute atomic E-state index is 0.0168. The van der Waals surface area contributed by atoms with E-state index in [0.29, 0.717) is 37.2 Å². The molecule has 1 saturated heterocycles. The minimum atomic E-state index is -0.0377. The molecule has 1 aliphatic rings. The van der Waals surface area contributed by atoms with Crippen LogP contribution >= 0.6 is 0 Å². The zero-order valence-electron chi connectivity index (χ0n) is 18.2. The summed E-state index contributed by atoms with van der Waals surface area (Å²) in [5, 5.41) is 3.00. The number of nitrogens with one attached hydrogen (secondary N) is 1. The van der Waals surface area contributed by atoms with E-state index < -0.39 is 0 Å². The predicted octanol–water partition coefficient (Wildman–Crippen LogP) is 3.19. The second-order valence-electron chi connectivity index (χ2n) is 7.32. The van der Waals surface area contributed by atoms with Crippen molar-refractivity contribution in [2.75, 3.05) is 40.9 Å². The number of ketones is 1. The van der Waals surface area contributed by atoms with Gasteiger partial charge in [-0.3, -0.25) is 9.59 Å². The summed E-state index contributed by atoms with van der Waals surface area (Å²) in [6, 6.07) is 15.0. The minimum Gasteiger partial charge on any atom is -0.497 e. The number of amides is 1. The lowest BCUT2D eigenvalue weighted by Gasteiger charge is -2.30. The van der Waals surface area contributed by atoms with Gasteiger partial charge < -0.3 is 19.7 Å². The van der Waals surface area contributed by atoms with Crippen LogP contribution in [-0.4, -0.2) is 57.5 Å². The number of hydrogen-bond acceptors (Lipinski definition) is 5. The van der Waals surface area contributed by atoms with Gasteiger partial charge in [0, 0.05) is 37.2 Å². The first-order chi connectivity index (χ1) is 15.0. The molecule has 1 amide bonds. The quantitative estimate of drug-likeness (QED) is 0.697. The second kappa shape index (κ2) is 10.6. The van der Waals surface area contributed by atoms with Crippen LogP contribution in [-0.2, 0) is 9.59 Å². The van der Waals surface area contributed by atoms with Gasteiger partial charge in [0.25, 0.3) is 0 Å². The highest BCUT2D eigenvalue weighted by atomic mass is 16.5. The summed E-state index contributed by atoms with van der Waals surface area (Å²) in [6.07, 6.45) is 4.08. The molecule has 162 valence electrons. The number of methoxy groups -OCH3 is 2. The standard InChI is InChI=1S/C25H28N2O4/c1-26-13-12-24(28)27-16-20(14-18-4-8-22(30-2)9-5-18)25(29)21(17-27)15-19-6-10-23(31-3)11-7-19/h4-11,14-15,26H,12-13,16-17H2,1-3H3/b20-14+,21-15+. The first kappa shape index (κ1) is 22.3. The van der Waals surface area contributed by atoms with Crippen molar-refractivity contribution in [3.8, 4) is 11.5 Å². The van der Waals surface area contributed by atoms with Crippen LogP contribution < -0.4 is 14.8 Å². The highest BCUT2D eigenvalue weighted by Crippen LogP contribution is 2.24. The van der Waals surface area contributed by atoms with Crippen LogP contribution in [0.5, 0.6) is 11.5 Å². The fourth-order valence-electron chi connectivity index (χ4n) is 3.41. The number of ether oxygens (including phenoxy) is 2. The van der Waals surface area contributed by atoms with Gasteiger partial charge in [0.05, 0.1) is 14.2 Å². The number of piperidine rings is 1. The Morgan fingerprint density at radius 2 is 1.35 bits per heavy atom. The number of carbonyl (C=O) groups is 2. The van der Waals surface area contributed by atoms with Crippen molar-refractivity contribution in [2.24, 2.45) is 0 Å². The van der Waals surface area contributed by atoms with E-state index in [1.807, 2.05) is 67.7 Å². The lowest BCUT2D eigenvalue weighted by Crippen LogP contribution is -2.42. The van der Waals surface area contributed by atoms with E-state index in [2.05, 4.69) is 5.32 Å². The van der Waals surface area contributed by atoms with Gasteiger partial charge in [-0.15, -0.1) is 0 Å². The van der Waals surface area contributed by atoms with Gasteiger partial charge in [-0.25, -0.2) is 0 Å². The number of hydrogen-bond donors (Lipinski definition) is 1. The van der Waals surface area contributed by atoms with Crippen LogP contribution in [0.15, 0.2) is 59.7 Å². The molecule has 0 spiro atoms. The fourth-order valence-corrected chi connectivity index (χ4v) is 3.41. The Bertz CT molecular complexity index is 906. The maximum atomic E-state index is 13.2. The average Bonchev–Trinajstić information content (AvgIpc) is 2.80.